The first-order valence-corrected chi connectivity index (χ1v) is 15.6. The zero-order valence-electron chi connectivity index (χ0n) is 25.1. The first-order chi connectivity index (χ1) is 21.0. The predicted octanol–water partition coefficient (Wildman–Crippen LogP) is 2.88. The molecule has 224 valence electrons. The topological polar surface area (TPSA) is 111 Å². The van der Waals surface area contributed by atoms with Gasteiger partial charge >= 0.3 is 6.01 Å². The van der Waals surface area contributed by atoms with Gasteiger partial charge in [-0.05, 0) is 56.8 Å². The molecule has 0 saturated carbocycles. The molecule has 4 aliphatic heterocycles. The molecular weight excluding hydrogens is 540 g/mol. The zero-order chi connectivity index (χ0) is 29.5. The number of aromatic nitrogens is 2. The summed E-state index contributed by atoms with van der Waals surface area (Å²) in [6.07, 6.45) is 3.41. The molecule has 3 atom stereocenters. The average Bonchev–Trinajstić information content (AvgIpc) is 3.80. The number of nitriles is 1. The van der Waals surface area contributed by atoms with Crippen LogP contribution in [0, 0.1) is 18.3 Å². The van der Waals surface area contributed by atoms with Crippen LogP contribution in [0.5, 0.6) is 6.01 Å². The number of carbonyl (C=O) groups is 1. The number of amides is 1. The van der Waals surface area contributed by atoms with Gasteiger partial charge in [-0.3, -0.25) is 4.79 Å². The SMILES string of the molecule is Cc1cccc2cccc(N3CCc4c(nc(OC[C@@H]5CCCN5C)nc4N4CCN(C(=O)[C@@H]5CN5)[C@@H](CC#N)C4)C3)c12. The van der Waals surface area contributed by atoms with E-state index in [9.17, 15) is 10.1 Å². The lowest BCUT2D eigenvalue weighted by molar-refractivity contribution is -0.133. The molecule has 0 bridgehead atoms. The van der Waals surface area contributed by atoms with Crippen molar-refractivity contribution in [2.24, 2.45) is 0 Å². The summed E-state index contributed by atoms with van der Waals surface area (Å²) in [5.74, 6) is 1.00. The maximum Gasteiger partial charge on any atom is 0.318 e. The van der Waals surface area contributed by atoms with Gasteiger partial charge in [-0.2, -0.15) is 15.2 Å². The Labute approximate surface area is 253 Å². The Morgan fingerprint density at radius 3 is 2.70 bits per heavy atom. The molecule has 0 unspecified atom stereocenters. The molecule has 3 saturated heterocycles. The Morgan fingerprint density at radius 1 is 1.09 bits per heavy atom. The van der Waals surface area contributed by atoms with Gasteiger partial charge in [-0.1, -0.05) is 30.3 Å². The lowest BCUT2D eigenvalue weighted by Gasteiger charge is -2.42. The van der Waals surface area contributed by atoms with E-state index in [1.54, 1.807) is 0 Å². The molecule has 4 aliphatic rings. The number of aryl methyl sites for hydroxylation is 1. The second-order valence-corrected chi connectivity index (χ2v) is 12.4. The Balaban J connectivity index is 1.21. The second kappa shape index (κ2) is 11.6. The molecule has 0 spiro atoms. The third-order valence-electron chi connectivity index (χ3n) is 9.63. The number of fused-ring (bicyclic) bond motifs is 2. The highest BCUT2D eigenvalue weighted by Gasteiger charge is 2.39. The lowest BCUT2D eigenvalue weighted by Crippen LogP contribution is -2.57. The number of benzene rings is 2. The van der Waals surface area contributed by atoms with Crippen molar-refractivity contribution in [3.8, 4) is 12.1 Å². The van der Waals surface area contributed by atoms with Crippen molar-refractivity contribution in [1.82, 2.24) is 25.1 Å². The molecule has 3 aromatic rings. The van der Waals surface area contributed by atoms with E-state index >= 15 is 0 Å². The largest absolute Gasteiger partial charge is 0.462 e. The van der Waals surface area contributed by atoms with Gasteiger partial charge in [0.1, 0.15) is 12.4 Å². The summed E-state index contributed by atoms with van der Waals surface area (Å²) in [7, 11) is 2.15. The molecule has 10 nitrogen and oxygen atoms in total. The molecule has 2 aromatic carbocycles. The summed E-state index contributed by atoms with van der Waals surface area (Å²) >= 11 is 0. The molecule has 0 radical (unpaired) electrons. The van der Waals surface area contributed by atoms with E-state index in [0.717, 1.165) is 49.6 Å². The van der Waals surface area contributed by atoms with E-state index in [1.807, 2.05) is 4.90 Å². The molecule has 43 heavy (non-hydrogen) atoms. The summed E-state index contributed by atoms with van der Waals surface area (Å²) in [6, 6.07) is 15.8. The summed E-state index contributed by atoms with van der Waals surface area (Å²) in [5, 5.41) is 15.3. The van der Waals surface area contributed by atoms with Gasteiger partial charge in [0.15, 0.2) is 0 Å². The number of ether oxygens (including phenoxy) is 1. The van der Waals surface area contributed by atoms with Gasteiger partial charge in [0, 0.05) is 55.4 Å². The summed E-state index contributed by atoms with van der Waals surface area (Å²) in [5.41, 5.74) is 4.64. The number of likely N-dealkylation sites (N-methyl/N-ethyl adjacent to an activating group) is 1. The Hall–Kier alpha value is -3.94. The number of hydrogen-bond donors (Lipinski definition) is 1. The van der Waals surface area contributed by atoms with E-state index in [0.29, 0.717) is 51.3 Å². The quantitative estimate of drug-likeness (QED) is 0.422. The number of nitrogens with zero attached hydrogens (tertiary/aromatic N) is 7. The molecule has 1 N–H and O–H groups in total. The van der Waals surface area contributed by atoms with Crippen LogP contribution in [-0.4, -0.2) is 96.7 Å². The van der Waals surface area contributed by atoms with Crippen LogP contribution in [0.25, 0.3) is 10.8 Å². The number of likely N-dealkylation sites (tertiary alicyclic amines) is 1. The van der Waals surface area contributed by atoms with Crippen molar-refractivity contribution in [1.29, 1.82) is 5.26 Å². The van der Waals surface area contributed by atoms with Gasteiger partial charge in [0.2, 0.25) is 5.91 Å². The minimum absolute atomic E-state index is 0.100. The third-order valence-corrected chi connectivity index (χ3v) is 9.63. The average molecular weight is 581 g/mol. The van der Waals surface area contributed by atoms with Gasteiger partial charge in [-0.25, -0.2) is 0 Å². The fourth-order valence-corrected chi connectivity index (χ4v) is 7.10. The maximum absolute atomic E-state index is 13.0. The van der Waals surface area contributed by atoms with Crippen molar-refractivity contribution in [3.63, 3.8) is 0 Å². The van der Waals surface area contributed by atoms with E-state index in [1.165, 1.54) is 28.4 Å². The van der Waals surface area contributed by atoms with Gasteiger partial charge in [0.05, 0.1) is 36.8 Å². The van der Waals surface area contributed by atoms with Crippen LogP contribution >= 0.6 is 0 Å². The van der Waals surface area contributed by atoms with E-state index in [4.69, 9.17) is 14.7 Å². The van der Waals surface area contributed by atoms with Crippen LogP contribution < -0.4 is 19.9 Å². The minimum Gasteiger partial charge on any atom is -0.462 e. The van der Waals surface area contributed by atoms with E-state index in [2.05, 4.69) is 76.5 Å². The monoisotopic (exact) mass is 580 g/mol. The number of anilines is 2. The molecular formula is C33H40N8O2. The Kier molecular flexibility index (Phi) is 7.53. The number of carbonyl (C=O) groups excluding carboxylic acids is 1. The second-order valence-electron chi connectivity index (χ2n) is 12.4. The van der Waals surface area contributed by atoms with Crippen LogP contribution in [0.2, 0.25) is 0 Å². The van der Waals surface area contributed by atoms with Crippen LogP contribution in [0.3, 0.4) is 0 Å². The van der Waals surface area contributed by atoms with Crippen LogP contribution in [0.4, 0.5) is 11.5 Å². The van der Waals surface area contributed by atoms with Crippen LogP contribution in [0.15, 0.2) is 36.4 Å². The Bertz CT molecular complexity index is 1560. The summed E-state index contributed by atoms with van der Waals surface area (Å²) in [6.45, 7) is 7.90. The Morgan fingerprint density at radius 2 is 1.93 bits per heavy atom. The fraction of sp³-hybridized carbons (Fsp3) is 0.515. The van der Waals surface area contributed by atoms with Crippen molar-refractivity contribution < 1.29 is 9.53 Å². The molecule has 1 amide bonds. The summed E-state index contributed by atoms with van der Waals surface area (Å²) in [4.78, 5) is 32.0. The first kappa shape index (κ1) is 27.9. The number of piperazine rings is 1. The molecule has 10 heteroatoms. The molecule has 7 rings (SSSR count). The number of nitrogens with one attached hydrogen (secondary N) is 1. The van der Waals surface area contributed by atoms with Crippen LogP contribution in [-0.2, 0) is 17.8 Å². The van der Waals surface area contributed by atoms with Gasteiger partial charge < -0.3 is 29.7 Å². The molecule has 3 fully saturated rings. The van der Waals surface area contributed by atoms with Gasteiger partial charge in [-0.15, -0.1) is 0 Å². The van der Waals surface area contributed by atoms with Crippen LogP contribution in [0.1, 0.15) is 36.1 Å². The maximum atomic E-state index is 13.0. The van der Waals surface area contributed by atoms with Crippen molar-refractivity contribution in [3.05, 3.63) is 53.2 Å². The fourth-order valence-electron chi connectivity index (χ4n) is 7.10. The predicted molar refractivity (Wildman–Crippen MR) is 166 cm³/mol. The molecule has 0 aliphatic carbocycles. The number of hydrogen-bond acceptors (Lipinski definition) is 9. The highest BCUT2D eigenvalue weighted by atomic mass is 16.5. The minimum atomic E-state index is -0.172. The highest BCUT2D eigenvalue weighted by molar-refractivity contribution is 5.97. The van der Waals surface area contributed by atoms with E-state index in [-0.39, 0.29) is 18.0 Å². The lowest BCUT2D eigenvalue weighted by atomic mass is 9.99. The smallest absolute Gasteiger partial charge is 0.318 e. The van der Waals surface area contributed by atoms with E-state index < -0.39 is 0 Å². The van der Waals surface area contributed by atoms with Crippen molar-refractivity contribution >= 4 is 28.2 Å². The molecule has 5 heterocycles. The van der Waals surface area contributed by atoms with Crippen molar-refractivity contribution in [2.45, 2.75) is 57.3 Å². The standard InChI is InChI=1S/C33H40N8O2/c1-22-6-3-7-23-8-4-10-29(30(22)23)39-15-12-26-28(20-39)36-33(43-21-25-9-5-14-38(25)2)37-31(26)40-16-17-41(24(19-40)11-13-34)32(42)27-18-35-27/h3-4,6-8,10,24-25,27,35H,5,9,11-12,14-21H2,1-2H3/t24-,25-,27-/m0/s1. The highest BCUT2D eigenvalue weighted by Crippen LogP contribution is 2.36. The first-order valence-electron chi connectivity index (χ1n) is 15.6. The normalized spacial score (nSPS) is 23.7. The summed E-state index contributed by atoms with van der Waals surface area (Å²) < 4.78 is 6.33. The molecule has 1 aromatic heterocycles. The van der Waals surface area contributed by atoms with Gasteiger partial charge in [0.25, 0.3) is 0 Å². The van der Waals surface area contributed by atoms with Crippen molar-refractivity contribution in [2.75, 3.05) is 62.7 Å². The number of rotatable bonds is 7. The third kappa shape index (κ3) is 5.48. The zero-order valence-corrected chi connectivity index (χ0v) is 25.1.